The number of nitrogens with two attached hydrogens (primary N) is 1. The van der Waals surface area contributed by atoms with Crippen LogP contribution in [-0.2, 0) is 13.1 Å². The maximum absolute atomic E-state index is 13.2. The molecule has 8 aromatic rings. The minimum atomic E-state index is -0.918. The summed E-state index contributed by atoms with van der Waals surface area (Å²) >= 11 is 7.85. The topological polar surface area (TPSA) is 135 Å². The van der Waals surface area contributed by atoms with E-state index in [0.717, 1.165) is 85.0 Å². The number of aromatic carboxylic acids is 1. The van der Waals surface area contributed by atoms with Gasteiger partial charge in [0.15, 0.2) is 10.3 Å². The number of carboxylic acids is 1. The Hall–Kier alpha value is -5.50. The molecule has 4 aromatic heterocycles. The lowest BCUT2D eigenvalue weighted by Crippen LogP contribution is -2.29. The summed E-state index contributed by atoms with van der Waals surface area (Å²) in [5.74, 6) is -1.04. The monoisotopic (exact) mass is 1150 g/mol. The predicted octanol–water partition coefficient (Wildman–Crippen LogP) is 12.7. The molecule has 2 aliphatic rings. The van der Waals surface area contributed by atoms with E-state index in [1.165, 1.54) is 42.1 Å². The standard InChI is InChI=1S/C26H25IN4OS.C20H21N3O2S.C6H6IN/c27-21-9-11-22(12-10-21)28-25(32)24-15-20(19-7-3-1-4-8-19)16-31(24)17-23-18-33-26(29-23)30-13-5-2-6-14-30;24-19(25)18-11-16(15-7-3-1-4-8-15)12-23(18)13-17-14-26-20(21-17)22-9-5-2-6-10-22;7-5-1-3-6(8)4-2-5/h1,3-4,7-12,15-16,18H,2,5-6,13-14,17H2,(H,28,32);1,3-4,7-8,11-12,14H,2,5-6,9-10,13H2,(H,24,25);1-4H,8H2. The Labute approximate surface area is 427 Å². The van der Waals surface area contributed by atoms with Gasteiger partial charge in [0.1, 0.15) is 11.4 Å². The summed E-state index contributed by atoms with van der Waals surface area (Å²) in [4.78, 5) is 39.3. The molecule has 0 atom stereocenters. The van der Waals surface area contributed by atoms with Gasteiger partial charge in [-0.2, -0.15) is 0 Å². The van der Waals surface area contributed by atoms with Crippen molar-refractivity contribution in [3.63, 3.8) is 0 Å². The summed E-state index contributed by atoms with van der Waals surface area (Å²) in [5, 5.41) is 18.9. The van der Waals surface area contributed by atoms with Crippen molar-refractivity contribution in [2.75, 3.05) is 47.0 Å². The van der Waals surface area contributed by atoms with Crippen molar-refractivity contribution >= 4 is 101 Å². The summed E-state index contributed by atoms with van der Waals surface area (Å²) in [6.07, 6.45) is 11.5. The summed E-state index contributed by atoms with van der Waals surface area (Å²) in [6.45, 7) is 5.33. The highest BCUT2D eigenvalue weighted by atomic mass is 127. The molecular weight excluding hydrogens is 1100 g/mol. The van der Waals surface area contributed by atoms with Crippen molar-refractivity contribution in [1.82, 2.24) is 19.1 Å². The Balaban J connectivity index is 0.000000159. The zero-order valence-electron chi connectivity index (χ0n) is 36.9. The van der Waals surface area contributed by atoms with E-state index in [2.05, 4.69) is 84.0 Å². The van der Waals surface area contributed by atoms with Crippen molar-refractivity contribution in [3.8, 4) is 22.3 Å². The number of anilines is 4. The number of carboxylic acid groups (broad SMARTS) is 1. The molecule has 0 saturated carbocycles. The normalized spacial score (nSPS) is 13.5. The Morgan fingerprint density at radius 2 is 1.01 bits per heavy atom. The smallest absolute Gasteiger partial charge is 0.352 e. The number of aromatic nitrogens is 4. The largest absolute Gasteiger partial charge is 0.477 e. The van der Waals surface area contributed by atoms with Gasteiger partial charge >= 0.3 is 5.97 Å². The maximum Gasteiger partial charge on any atom is 0.352 e. The second-order valence-electron chi connectivity index (χ2n) is 16.4. The molecule has 2 fully saturated rings. The number of benzene rings is 4. The van der Waals surface area contributed by atoms with Gasteiger partial charge in [-0.25, -0.2) is 14.8 Å². The van der Waals surface area contributed by atoms with Crippen LogP contribution in [0.4, 0.5) is 21.6 Å². The molecule has 4 N–H and O–H groups in total. The molecule has 2 aliphatic heterocycles. The van der Waals surface area contributed by atoms with E-state index >= 15 is 0 Å². The molecule has 0 bridgehead atoms. The van der Waals surface area contributed by atoms with Gasteiger partial charge in [-0.3, -0.25) is 4.79 Å². The van der Waals surface area contributed by atoms with Crippen LogP contribution >= 0.6 is 67.9 Å². The van der Waals surface area contributed by atoms with Gasteiger partial charge in [0.05, 0.1) is 24.5 Å². The van der Waals surface area contributed by atoms with E-state index in [0.29, 0.717) is 18.8 Å². The number of thiazole rings is 2. The van der Waals surface area contributed by atoms with Crippen molar-refractivity contribution in [1.29, 1.82) is 0 Å². The first kappa shape index (κ1) is 48.0. The van der Waals surface area contributed by atoms with Crippen LogP contribution in [0.15, 0.2) is 144 Å². The number of halogens is 2. The zero-order chi connectivity index (χ0) is 46.5. The third-order valence-electron chi connectivity index (χ3n) is 11.4. The zero-order valence-corrected chi connectivity index (χ0v) is 42.9. The van der Waals surface area contributed by atoms with E-state index in [4.69, 9.17) is 15.7 Å². The number of hydrogen-bond acceptors (Lipinski definition) is 9. The average Bonchev–Trinajstić information content (AvgIpc) is 4.21. The maximum atomic E-state index is 13.2. The third-order valence-corrected chi connectivity index (χ3v) is 14.8. The minimum Gasteiger partial charge on any atom is -0.477 e. The van der Waals surface area contributed by atoms with Crippen LogP contribution in [0.1, 0.15) is 70.9 Å². The molecule has 0 spiro atoms. The van der Waals surface area contributed by atoms with E-state index < -0.39 is 5.97 Å². The highest BCUT2D eigenvalue weighted by Gasteiger charge is 2.20. The second kappa shape index (κ2) is 23.5. The number of nitrogens with one attached hydrogen (secondary N) is 1. The number of nitrogens with zero attached hydrogens (tertiary/aromatic N) is 6. The first-order valence-electron chi connectivity index (χ1n) is 22.4. The Kier molecular flexibility index (Phi) is 16.8. The average molecular weight is 1150 g/mol. The van der Waals surface area contributed by atoms with Crippen LogP contribution in [0, 0.1) is 7.14 Å². The predicted molar refractivity (Wildman–Crippen MR) is 292 cm³/mol. The third kappa shape index (κ3) is 13.4. The lowest BCUT2D eigenvalue weighted by atomic mass is 10.1. The van der Waals surface area contributed by atoms with Gasteiger partial charge in [0, 0.05) is 79.0 Å². The molecule has 2 saturated heterocycles. The molecule has 0 unspecified atom stereocenters. The fourth-order valence-corrected chi connectivity index (χ4v) is 10.4. The number of amides is 1. The van der Waals surface area contributed by atoms with Gasteiger partial charge < -0.3 is 35.1 Å². The number of nitrogen functional groups attached to an aromatic ring is 1. The van der Waals surface area contributed by atoms with E-state index in [9.17, 15) is 14.7 Å². The molecule has 10 rings (SSSR count). The molecule has 11 nitrogen and oxygen atoms in total. The number of hydrogen-bond donors (Lipinski definition) is 3. The molecule has 0 aliphatic carbocycles. The summed E-state index contributed by atoms with van der Waals surface area (Å²) in [7, 11) is 0. The van der Waals surface area contributed by atoms with E-state index in [1.54, 1.807) is 33.3 Å². The fraction of sp³-hybridized carbons (Fsp3) is 0.231. The first-order valence-corrected chi connectivity index (χ1v) is 26.3. The van der Waals surface area contributed by atoms with Gasteiger partial charge in [-0.1, -0.05) is 60.7 Å². The second-order valence-corrected chi connectivity index (χ2v) is 20.5. The number of piperidine rings is 2. The Morgan fingerprint density at radius 1 is 0.582 bits per heavy atom. The van der Waals surface area contributed by atoms with E-state index in [-0.39, 0.29) is 11.6 Å². The molecule has 344 valence electrons. The Bertz CT molecular complexity index is 2810. The van der Waals surface area contributed by atoms with Crippen LogP contribution < -0.4 is 20.9 Å². The van der Waals surface area contributed by atoms with Crippen molar-refractivity contribution < 1.29 is 14.7 Å². The fourth-order valence-electron chi connectivity index (χ4n) is 7.97. The molecule has 0 radical (unpaired) electrons. The Morgan fingerprint density at radius 3 is 1.46 bits per heavy atom. The number of rotatable bonds is 11. The molecule has 67 heavy (non-hydrogen) atoms. The minimum absolute atomic E-state index is 0.120. The highest BCUT2D eigenvalue weighted by molar-refractivity contribution is 14.1. The lowest BCUT2D eigenvalue weighted by Gasteiger charge is -2.25. The van der Waals surface area contributed by atoms with Crippen LogP contribution in [-0.4, -0.2) is 62.3 Å². The van der Waals surface area contributed by atoms with E-state index in [1.807, 2.05) is 119 Å². The lowest BCUT2D eigenvalue weighted by molar-refractivity contribution is 0.0685. The van der Waals surface area contributed by atoms with Gasteiger partial charge in [-0.15, -0.1) is 22.7 Å². The SMILES string of the molecule is Nc1ccc(I)cc1.O=C(Nc1ccc(I)cc1)c1cc(-c2ccccc2)cn1Cc1csc(N2CCCCC2)n1.O=C(O)c1cc(-c2ccccc2)cn1Cc1csc(N2CCCCC2)n1. The molecular formula is C52H52I2N8O3S2. The molecule has 6 heterocycles. The van der Waals surface area contributed by atoms with Gasteiger partial charge in [0.2, 0.25) is 0 Å². The quantitative estimate of drug-likeness (QED) is 0.0861. The summed E-state index contributed by atoms with van der Waals surface area (Å²) in [5.41, 5.74) is 13.9. The molecule has 4 aromatic carbocycles. The summed E-state index contributed by atoms with van der Waals surface area (Å²) in [6, 6.07) is 39.3. The van der Waals surface area contributed by atoms with Crippen molar-refractivity contribution in [3.05, 3.63) is 174 Å². The molecule has 15 heteroatoms. The number of carbonyl (C=O) groups is 2. The van der Waals surface area contributed by atoms with Gasteiger partial charge in [0.25, 0.3) is 5.91 Å². The van der Waals surface area contributed by atoms with Crippen molar-refractivity contribution in [2.24, 2.45) is 0 Å². The highest BCUT2D eigenvalue weighted by Crippen LogP contribution is 2.29. The van der Waals surface area contributed by atoms with Crippen LogP contribution in [0.2, 0.25) is 0 Å². The summed E-state index contributed by atoms with van der Waals surface area (Å²) < 4.78 is 6.14. The number of carbonyl (C=O) groups excluding carboxylic acids is 1. The van der Waals surface area contributed by atoms with Gasteiger partial charge in [-0.05, 0) is 155 Å². The van der Waals surface area contributed by atoms with Crippen molar-refractivity contribution in [2.45, 2.75) is 51.6 Å². The molecule has 1 amide bonds. The van der Waals surface area contributed by atoms with Crippen LogP contribution in [0.5, 0.6) is 0 Å². The first-order chi connectivity index (χ1) is 32.6. The van der Waals surface area contributed by atoms with Crippen LogP contribution in [0.3, 0.4) is 0 Å². The van der Waals surface area contributed by atoms with Crippen LogP contribution in [0.25, 0.3) is 22.3 Å².